The zero-order valence-corrected chi connectivity index (χ0v) is 16.1. The number of fused-ring (bicyclic) bond motifs is 1. The number of rotatable bonds is 6. The highest BCUT2D eigenvalue weighted by Crippen LogP contribution is 2.40. The van der Waals surface area contributed by atoms with E-state index in [2.05, 4.69) is 11.4 Å². The fourth-order valence-corrected chi connectivity index (χ4v) is 4.22. The topological polar surface area (TPSA) is 58.6 Å². The van der Waals surface area contributed by atoms with Crippen LogP contribution in [-0.4, -0.2) is 38.1 Å². The number of halogens is 1. The number of ether oxygens (including phenoxy) is 1. The van der Waals surface area contributed by atoms with Gasteiger partial charge in [0.15, 0.2) is 0 Å². The second-order valence-electron chi connectivity index (χ2n) is 7.26. The smallest absolute Gasteiger partial charge is 0.302 e. The van der Waals surface area contributed by atoms with Gasteiger partial charge in [0, 0.05) is 24.1 Å². The van der Waals surface area contributed by atoms with Crippen LogP contribution in [0.15, 0.2) is 18.2 Å². The molecule has 0 saturated carbocycles. The summed E-state index contributed by atoms with van der Waals surface area (Å²) in [4.78, 5) is 25.5. The highest BCUT2D eigenvalue weighted by Gasteiger charge is 2.31. The number of hydrogen-bond acceptors (Lipinski definition) is 4. The van der Waals surface area contributed by atoms with Gasteiger partial charge < -0.3 is 15.0 Å². The Bertz CT molecular complexity index is 658. The predicted octanol–water partition coefficient (Wildman–Crippen LogP) is 3.50. The number of carbonyl (C=O) groups is 2. The summed E-state index contributed by atoms with van der Waals surface area (Å²) in [6.07, 6.45) is 5.16. The van der Waals surface area contributed by atoms with E-state index < -0.39 is 0 Å². The molecule has 26 heavy (non-hydrogen) atoms. The van der Waals surface area contributed by atoms with Gasteiger partial charge in [0.2, 0.25) is 5.91 Å². The average Bonchev–Trinajstić information content (AvgIpc) is 2.62. The maximum Gasteiger partial charge on any atom is 0.302 e. The van der Waals surface area contributed by atoms with Gasteiger partial charge in [0.25, 0.3) is 0 Å². The van der Waals surface area contributed by atoms with Crippen LogP contribution < -0.4 is 10.2 Å². The van der Waals surface area contributed by atoms with E-state index in [0.29, 0.717) is 18.0 Å². The van der Waals surface area contributed by atoms with E-state index in [1.807, 2.05) is 12.1 Å². The molecule has 0 aromatic heterocycles. The van der Waals surface area contributed by atoms with Crippen molar-refractivity contribution >= 4 is 29.2 Å². The van der Waals surface area contributed by atoms with Crippen molar-refractivity contribution in [3.63, 3.8) is 0 Å². The number of amides is 1. The molecule has 3 rings (SSSR count). The Labute approximate surface area is 160 Å². The van der Waals surface area contributed by atoms with Crippen molar-refractivity contribution in [1.82, 2.24) is 5.32 Å². The van der Waals surface area contributed by atoms with Crippen molar-refractivity contribution < 1.29 is 14.3 Å². The molecule has 1 unspecified atom stereocenters. The monoisotopic (exact) mass is 378 g/mol. The molecule has 1 amide bonds. The van der Waals surface area contributed by atoms with E-state index >= 15 is 0 Å². The SMILES string of the molecule is CC(=O)OCCN1C(=O)CC(CCC2CCNCC2)c2ccc(Cl)cc21. The van der Waals surface area contributed by atoms with Crippen LogP contribution in [0.4, 0.5) is 5.69 Å². The summed E-state index contributed by atoms with van der Waals surface area (Å²) in [5, 5.41) is 4.02. The standard InChI is InChI=1S/C20H27ClN2O3/c1-14(24)26-11-10-23-19-13-17(21)4-5-18(19)16(12-20(23)25)3-2-15-6-8-22-9-7-15/h4-5,13,15-16,22H,2-3,6-12H2,1H3. The van der Waals surface area contributed by atoms with Crippen molar-refractivity contribution in [2.45, 2.75) is 44.9 Å². The van der Waals surface area contributed by atoms with Gasteiger partial charge in [-0.1, -0.05) is 17.7 Å². The fourth-order valence-electron chi connectivity index (χ4n) is 4.05. The Hall–Kier alpha value is -1.59. The first-order valence-electron chi connectivity index (χ1n) is 9.48. The van der Waals surface area contributed by atoms with Crippen molar-refractivity contribution in [2.24, 2.45) is 5.92 Å². The molecule has 2 aliphatic rings. The second kappa shape index (κ2) is 8.87. The predicted molar refractivity (Wildman–Crippen MR) is 103 cm³/mol. The number of esters is 1. The van der Waals surface area contributed by atoms with Crippen molar-refractivity contribution in [3.8, 4) is 0 Å². The molecule has 0 aliphatic carbocycles. The molecular weight excluding hydrogens is 352 g/mol. The lowest BCUT2D eigenvalue weighted by atomic mass is 9.82. The molecular formula is C20H27ClN2O3. The van der Waals surface area contributed by atoms with Gasteiger partial charge >= 0.3 is 5.97 Å². The van der Waals surface area contributed by atoms with Crippen LogP contribution in [0.2, 0.25) is 5.02 Å². The molecule has 2 aliphatic heterocycles. The zero-order chi connectivity index (χ0) is 18.5. The normalized spacial score (nSPS) is 20.8. The van der Waals surface area contributed by atoms with Crippen molar-refractivity contribution in [3.05, 3.63) is 28.8 Å². The van der Waals surface area contributed by atoms with Crippen LogP contribution in [0, 0.1) is 5.92 Å². The lowest BCUT2D eigenvalue weighted by Gasteiger charge is -2.35. The third kappa shape index (κ3) is 4.77. The number of carbonyl (C=O) groups excluding carboxylic acids is 2. The minimum Gasteiger partial charge on any atom is -0.464 e. The largest absolute Gasteiger partial charge is 0.464 e. The molecule has 1 aromatic carbocycles. The lowest BCUT2D eigenvalue weighted by Crippen LogP contribution is -2.39. The van der Waals surface area contributed by atoms with Gasteiger partial charge in [0.1, 0.15) is 6.61 Å². The fraction of sp³-hybridized carbons (Fsp3) is 0.600. The minimum absolute atomic E-state index is 0.0854. The number of nitrogens with one attached hydrogen (secondary N) is 1. The van der Waals surface area contributed by atoms with E-state index in [4.69, 9.17) is 16.3 Å². The van der Waals surface area contributed by atoms with E-state index in [-0.39, 0.29) is 24.4 Å². The van der Waals surface area contributed by atoms with Crippen molar-refractivity contribution in [2.75, 3.05) is 31.1 Å². The van der Waals surface area contributed by atoms with Crippen LogP contribution in [0.25, 0.3) is 0 Å². The molecule has 1 saturated heterocycles. The van der Waals surface area contributed by atoms with Gasteiger partial charge in [-0.2, -0.15) is 0 Å². The Morgan fingerprint density at radius 3 is 2.81 bits per heavy atom. The Kier molecular flexibility index (Phi) is 6.54. The maximum atomic E-state index is 12.7. The third-order valence-corrected chi connectivity index (χ3v) is 5.68. The summed E-state index contributed by atoms with van der Waals surface area (Å²) in [5.41, 5.74) is 2.06. The van der Waals surface area contributed by atoms with Crippen molar-refractivity contribution in [1.29, 1.82) is 0 Å². The molecule has 1 N–H and O–H groups in total. The highest BCUT2D eigenvalue weighted by atomic mass is 35.5. The molecule has 0 radical (unpaired) electrons. The molecule has 1 fully saturated rings. The summed E-state index contributed by atoms with van der Waals surface area (Å²) >= 11 is 6.19. The molecule has 142 valence electrons. The van der Waals surface area contributed by atoms with Crippen LogP contribution in [-0.2, 0) is 14.3 Å². The third-order valence-electron chi connectivity index (χ3n) is 5.45. The van der Waals surface area contributed by atoms with E-state index in [0.717, 1.165) is 37.5 Å². The summed E-state index contributed by atoms with van der Waals surface area (Å²) < 4.78 is 5.02. The first kappa shape index (κ1) is 19.2. The maximum absolute atomic E-state index is 12.7. The Balaban J connectivity index is 1.71. The summed E-state index contributed by atoms with van der Waals surface area (Å²) in [6, 6.07) is 5.81. The van der Waals surface area contributed by atoms with Crippen LogP contribution in [0.5, 0.6) is 0 Å². The molecule has 0 bridgehead atoms. The van der Waals surface area contributed by atoms with E-state index in [1.54, 1.807) is 4.90 Å². The highest BCUT2D eigenvalue weighted by molar-refractivity contribution is 6.31. The van der Waals surface area contributed by atoms with Gasteiger partial charge in [0.05, 0.1) is 6.54 Å². The number of nitrogens with zero attached hydrogens (tertiary/aromatic N) is 1. The van der Waals surface area contributed by atoms with Crippen LogP contribution in [0.3, 0.4) is 0 Å². The summed E-state index contributed by atoms with van der Waals surface area (Å²) in [5.74, 6) is 0.751. The molecule has 5 nitrogen and oxygen atoms in total. The quantitative estimate of drug-likeness (QED) is 0.769. The Morgan fingerprint density at radius 2 is 2.08 bits per heavy atom. The molecule has 1 aromatic rings. The summed E-state index contributed by atoms with van der Waals surface area (Å²) in [7, 11) is 0. The van der Waals surface area contributed by atoms with Gasteiger partial charge in [-0.15, -0.1) is 0 Å². The Morgan fingerprint density at radius 1 is 1.31 bits per heavy atom. The zero-order valence-electron chi connectivity index (χ0n) is 15.3. The second-order valence-corrected chi connectivity index (χ2v) is 7.70. The summed E-state index contributed by atoms with van der Waals surface area (Å²) in [6.45, 7) is 4.15. The number of benzene rings is 1. The van der Waals surface area contributed by atoms with Gasteiger partial charge in [-0.05, 0) is 68.3 Å². The first-order valence-corrected chi connectivity index (χ1v) is 9.86. The molecule has 6 heteroatoms. The number of anilines is 1. The van der Waals surface area contributed by atoms with Crippen LogP contribution in [0.1, 0.15) is 50.5 Å². The number of hydrogen-bond donors (Lipinski definition) is 1. The number of piperidine rings is 1. The minimum atomic E-state index is -0.333. The van der Waals surface area contributed by atoms with Gasteiger partial charge in [-0.25, -0.2) is 0 Å². The van der Waals surface area contributed by atoms with E-state index in [1.165, 1.54) is 25.3 Å². The average molecular weight is 379 g/mol. The molecule has 1 atom stereocenters. The van der Waals surface area contributed by atoms with E-state index in [9.17, 15) is 9.59 Å². The first-order chi connectivity index (χ1) is 12.5. The molecule has 0 spiro atoms. The van der Waals surface area contributed by atoms with Crippen LogP contribution >= 0.6 is 11.6 Å². The molecule has 2 heterocycles. The lowest BCUT2D eigenvalue weighted by molar-refractivity contribution is -0.141. The van der Waals surface area contributed by atoms with Gasteiger partial charge in [-0.3, -0.25) is 9.59 Å².